The Bertz CT molecular complexity index is 571. The summed E-state index contributed by atoms with van der Waals surface area (Å²) in [6.45, 7) is 0.941. The molecule has 1 amide bonds. The molecule has 3 rings (SSSR count). The Morgan fingerprint density at radius 1 is 1.25 bits per heavy atom. The number of carbonyl (C=O) groups is 2. The van der Waals surface area contributed by atoms with Gasteiger partial charge in [0.05, 0.1) is 18.5 Å². The van der Waals surface area contributed by atoms with E-state index < -0.39 is 0 Å². The van der Waals surface area contributed by atoms with Gasteiger partial charge in [-0.05, 0) is 31.7 Å². The molecule has 2 unspecified atom stereocenters. The molecule has 6 nitrogen and oxygen atoms in total. The number of aromatic nitrogens is 1. The van der Waals surface area contributed by atoms with Crippen LogP contribution in [0.15, 0.2) is 18.3 Å². The van der Waals surface area contributed by atoms with Crippen molar-refractivity contribution in [1.29, 1.82) is 0 Å². The number of nitrogens with zero attached hydrogens (tertiary/aromatic N) is 1. The van der Waals surface area contributed by atoms with Gasteiger partial charge in [0.1, 0.15) is 12.4 Å². The van der Waals surface area contributed by atoms with Crippen molar-refractivity contribution in [2.75, 3.05) is 25.6 Å². The highest BCUT2D eigenvalue weighted by molar-refractivity contribution is 5.95. The van der Waals surface area contributed by atoms with Gasteiger partial charge in [-0.25, -0.2) is 4.98 Å². The number of anilines is 1. The van der Waals surface area contributed by atoms with Crippen LogP contribution in [0.5, 0.6) is 5.88 Å². The molecule has 1 heterocycles. The SMILES string of the molecule is COCCOc1ccc(NC(=O)C2CC3CCCC(C2)C3=O)cn1. The van der Waals surface area contributed by atoms with Gasteiger partial charge in [0.15, 0.2) is 0 Å². The first-order valence-electron chi connectivity index (χ1n) is 8.59. The van der Waals surface area contributed by atoms with Crippen LogP contribution in [0.4, 0.5) is 5.69 Å². The summed E-state index contributed by atoms with van der Waals surface area (Å²) in [4.78, 5) is 28.8. The summed E-state index contributed by atoms with van der Waals surface area (Å²) in [5.41, 5.74) is 0.654. The highest BCUT2D eigenvalue weighted by atomic mass is 16.5. The first kappa shape index (κ1) is 16.9. The molecule has 1 aromatic heterocycles. The lowest BCUT2D eigenvalue weighted by Crippen LogP contribution is -2.40. The predicted octanol–water partition coefficient (Wildman–Crippen LogP) is 2.44. The summed E-state index contributed by atoms with van der Waals surface area (Å²) >= 11 is 0. The summed E-state index contributed by atoms with van der Waals surface area (Å²) in [6.07, 6.45) is 5.96. The number of nitrogens with one attached hydrogen (secondary N) is 1. The second kappa shape index (κ2) is 7.75. The van der Waals surface area contributed by atoms with Crippen LogP contribution in [0.2, 0.25) is 0 Å². The number of hydrogen-bond donors (Lipinski definition) is 1. The largest absolute Gasteiger partial charge is 0.475 e. The number of hydrogen-bond acceptors (Lipinski definition) is 5. The molecular formula is C18H24N2O4. The lowest BCUT2D eigenvalue weighted by molar-refractivity contribution is -0.136. The number of carbonyl (C=O) groups excluding carboxylic acids is 2. The van der Waals surface area contributed by atoms with Crippen molar-refractivity contribution in [3.05, 3.63) is 18.3 Å². The molecule has 2 aliphatic carbocycles. The minimum absolute atomic E-state index is 0.00532. The molecule has 0 aromatic carbocycles. The maximum atomic E-state index is 12.5. The van der Waals surface area contributed by atoms with Crippen LogP contribution in [0, 0.1) is 17.8 Å². The molecule has 2 atom stereocenters. The minimum Gasteiger partial charge on any atom is -0.475 e. The maximum absolute atomic E-state index is 12.5. The van der Waals surface area contributed by atoms with E-state index in [2.05, 4.69) is 10.3 Å². The van der Waals surface area contributed by atoms with E-state index in [0.717, 1.165) is 19.3 Å². The van der Waals surface area contributed by atoms with Gasteiger partial charge in [0.25, 0.3) is 0 Å². The minimum atomic E-state index is -0.0735. The summed E-state index contributed by atoms with van der Waals surface area (Å²) in [5, 5.41) is 2.92. The second-order valence-corrected chi connectivity index (χ2v) is 6.61. The third-order valence-electron chi connectivity index (χ3n) is 4.96. The number of amides is 1. The van der Waals surface area contributed by atoms with E-state index in [-0.39, 0.29) is 23.7 Å². The van der Waals surface area contributed by atoms with Crippen LogP contribution in [0.25, 0.3) is 0 Å². The molecule has 24 heavy (non-hydrogen) atoms. The molecule has 0 radical (unpaired) electrons. The first-order chi connectivity index (χ1) is 11.7. The van der Waals surface area contributed by atoms with Crippen molar-refractivity contribution in [2.45, 2.75) is 32.1 Å². The van der Waals surface area contributed by atoms with E-state index >= 15 is 0 Å². The van der Waals surface area contributed by atoms with Crippen molar-refractivity contribution in [3.8, 4) is 5.88 Å². The van der Waals surface area contributed by atoms with Gasteiger partial charge in [-0.2, -0.15) is 0 Å². The Labute approximate surface area is 141 Å². The van der Waals surface area contributed by atoms with E-state index in [9.17, 15) is 9.59 Å². The van der Waals surface area contributed by atoms with Gasteiger partial charge in [-0.3, -0.25) is 9.59 Å². The van der Waals surface area contributed by atoms with Gasteiger partial charge >= 0.3 is 0 Å². The standard InChI is InChI=1S/C18H24N2O4/c1-23-7-8-24-16-6-5-15(11-19-16)20-18(22)14-9-12-3-2-4-13(10-14)17(12)21/h5-6,11-14H,2-4,7-10H2,1H3,(H,20,22). The van der Waals surface area contributed by atoms with E-state index in [1.165, 1.54) is 0 Å². The van der Waals surface area contributed by atoms with E-state index in [4.69, 9.17) is 9.47 Å². The highest BCUT2D eigenvalue weighted by Gasteiger charge is 2.41. The molecule has 1 N–H and O–H groups in total. The molecule has 0 aliphatic heterocycles. The van der Waals surface area contributed by atoms with E-state index in [1.807, 2.05) is 0 Å². The number of rotatable bonds is 6. The summed E-state index contributed by atoms with van der Waals surface area (Å²) < 4.78 is 10.3. The third kappa shape index (κ3) is 3.93. The predicted molar refractivity (Wildman–Crippen MR) is 88.8 cm³/mol. The van der Waals surface area contributed by atoms with E-state index in [1.54, 1.807) is 25.4 Å². The Morgan fingerprint density at radius 2 is 2.00 bits per heavy atom. The molecule has 6 heteroatoms. The van der Waals surface area contributed by atoms with Gasteiger partial charge in [0, 0.05) is 30.9 Å². The number of ether oxygens (including phenoxy) is 2. The summed E-state index contributed by atoms with van der Waals surface area (Å²) in [7, 11) is 1.61. The zero-order valence-electron chi connectivity index (χ0n) is 14.0. The Hall–Kier alpha value is -1.95. The fourth-order valence-electron chi connectivity index (χ4n) is 3.71. The molecule has 0 spiro atoms. The molecule has 2 fully saturated rings. The lowest BCUT2D eigenvalue weighted by atomic mass is 9.67. The number of fused-ring (bicyclic) bond motifs is 2. The van der Waals surface area contributed by atoms with Crippen molar-refractivity contribution in [1.82, 2.24) is 4.98 Å². The highest BCUT2D eigenvalue weighted by Crippen LogP contribution is 2.40. The van der Waals surface area contributed by atoms with Crippen molar-refractivity contribution in [3.63, 3.8) is 0 Å². The first-order valence-corrected chi connectivity index (χ1v) is 8.59. The smallest absolute Gasteiger partial charge is 0.227 e. The summed E-state index contributed by atoms with van der Waals surface area (Å²) in [6, 6.07) is 3.51. The molecule has 130 valence electrons. The van der Waals surface area contributed by atoms with Crippen LogP contribution < -0.4 is 10.1 Å². The van der Waals surface area contributed by atoms with Gasteiger partial charge in [-0.15, -0.1) is 0 Å². The van der Waals surface area contributed by atoms with Gasteiger partial charge < -0.3 is 14.8 Å². The maximum Gasteiger partial charge on any atom is 0.227 e. The molecule has 1 aromatic rings. The zero-order chi connectivity index (χ0) is 16.9. The lowest BCUT2D eigenvalue weighted by Gasteiger charge is -2.36. The van der Waals surface area contributed by atoms with Crippen molar-refractivity contribution in [2.24, 2.45) is 17.8 Å². The fraction of sp³-hybridized carbons (Fsp3) is 0.611. The van der Waals surface area contributed by atoms with Crippen LogP contribution >= 0.6 is 0 Å². The number of Topliss-reactive ketones (excluding diaryl/α,β-unsaturated/α-hetero) is 1. The quantitative estimate of drug-likeness (QED) is 0.810. The van der Waals surface area contributed by atoms with Crippen LogP contribution in [0.3, 0.4) is 0 Å². The van der Waals surface area contributed by atoms with Crippen molar-refractivity contribution >= 4 is 17.4 Å². The molecule has 2 aliphatic rings. The van der Waals surface area contributed by atoms with Crippen LogP contribution in [-0.2, 0) is 14.3 Å². The van der Waals surface area contributed by atoms with Gasteiger partial charge in [-0.1, -0.05) is 6.42 Å². The molecule has 2 saturated carbocycles. The third-order valence-corrected chi connectivity index (χ3v) is 4.96. The average molecular weight is 332 g/mol. The Morgan fingerprint density at radius 3 is 2.62 bits per heavy atom. The van der Waals surface area contributed by atoms with Gasteiger partial charge in [0.2, 0.25) is 11.8 Å². The number of ketones is 1. The monoisotopic (exact) mass is 332 g/mol. The number of methoxy groups -OCH3 is 1. The van der Waals surface area contributed by atoms with E-state index in [0.29, 0.717) is 43.4 Å². The fourth-order valence-corrected chi connectivity index (χ4v) is 3.71. The summed E-state index contributed by atoms with van der Waals surface area (Å²) in [5.74, 6) is 0.975. The molecular weight excluding hydrogens is 308 g/mol. The van der Waals surface area contributed by atoms with Crippen molar-refractivity contribution < 1.29 is 19.1 Å². The molecule has 0 saturated heterocycles. The average Bonchev–Trinajstić information content (AvgIpc) is 2.56. The Kier molecular flexibility index (Phi) is 5.45. The number of pyridine rings is 1. The molecule has 2 bridgehead atoms. The van der Waals surface area contributed by atoms with Crippen LogP contribution in [-0.4, -0.2) is 37.0 Å². The normalized spacial score (nSPS) is 26.0. The second-order valence-electron chi connectivity index (χ2n) is 6.61. The topological polar surface area (TPSA) is 77.5 Å². The zero-order valence-corrected chi connectivity index (χ0v) is 14.0. The Balaban J connectivity index is 1.54. The van der Waals surface area contributed by atoms with Crippen LogP contribution in [0.1, 0.15) is 32.1 Å².